The predicted octanol–water partition coefficient (Wildman–Crippen LogP) is 4.11. The number of carbonyl (C=O) groups excluding carboxylic acids is 2. The van der Waals surface area contributed by atoms with Crippen LogP contribution in [0, 0.1) is 13.8 Å². The average molecular weight is 444 g/mol. The van der Waals surface area contributed by atoms with E-state index in [1.807, 2.05) is 35.2 Å². The number of aryl methyl sites for hydroxylation is 2. The molecule has 0 aliphatic carbocycles. The van der Waals surface area contributed by atoms with E-state index in [0.717, 1.165) is 24.1 Å². The van der Waals surface area contributed by atoms with Crippen molar-refractivity contribution in [1.82, 2.24) is 9.47 Å². The lowest BCUT2D eigenvalue weighted by atomic mass is 9.99. The first kappa shape index (κ1) is 22.5. The fraction of sp³-hybridized carbons (Fsp3) is 0.296. The van der Waals surface area contributed by atoms with Gasteiger partial charge in [0.1, 0.15) is 6.54 Å². The lowest BCUT2D eigenvalue weighted by molar-refractivity contribution is -0.118. The molecule has 1 aliphatic rings. The van der Waals surface area contributed by atoms with E-state index >= 15 is 0 Å². The zero-order valence-corrected chi connectivity index (χ0v) is 19.3. The van der Waals surface area contributed by atoms with E-state index in [1.165, 1.54) is 32.9 Å². The molecule has 0 bridgehead atoms. The van der Waals surface area contributed by atoms with Gasteiger partial charge in [-0.1, -0.05) is 36.4 Å². The Morgan fingerprint density at radius 2 is 1.76 bits per heavy atom. The Morgan fingerprint density at radius 1 is 1.00 bits per heavy atom. The second-order valence-electron chi connectivity index (χ2n) is 8.67. The van der Waals surface area contributed by atoms with Crippen LogP contribution in [0.1, 0.15) is 45.9 Å². The van der Waals surface area contributed by atoms with Gasteiger partial charge in [0.15, 0.2) is 0 Å². The van der Waals surface area contributed by atoms with Crippen LogP contribution in [-0.4, -0.2) is 34.9 Å². The summed E-state index contributed by atoms with van der Waals surface area (Å²) in [5, 5.41) is 0. The number of pyridine rings is 1. The van der Waals surface area contributed by atoms with Gasteiger partial charge in [0, 0.05) is 31.5 Å². The van der Waals surface area contributed by atoms with Crippen molar-refractivity contribution < 1.29 is 9.59 Å². The molecule has 0 N–H and O–H groups in total. The molecule has 2 amide bonds. The molecule has 2 heterocycles. The summed E-state index contributed by atoms with van der Waals surface area (Å²) < 4.78 is 1.32. The number of likely N-dealkylation sites (N-methyl/N-ethyl adjacent to an activating group) is 1. The Kier molecular flexibility index (Phi) is 6.45. The first-order valence-electron chi connectivity index (χ1n) is 11.3. The van der Waals surface area contributed by atoms with Crippen LogP contribution in [-0.2, 0) is 11.3 Å². The highest BCUT2D eigenvalue weighted by atomic mass is 16.2. The number of anilines is 1. The zero-order chi connectivity index (χ0) is 23.5. The minimum Gasteiger partial charge on any atom is -0.332 e. The van der Waals surface area contributed by atoms with Gasteiger partial charge in [-0.15, -0.1) is 0 Å². The van der Waals surface area contributed by atoms with E-state index in [0.29, 0.717) is 12.1 Å². The van der Waals surface area contributed by atoms with Crippen LogP contribution in [0.15, 0.2) is 71.7 Å². The SMILES string of the molecule is Cc1ccc(C2CCCN2C(=O)c2ccc(=O)n(CC(=O)N(C)c3ccccc3)c2)cc1C. The van der Waals surface area contributed by atoms with Crippen LogP contribution in [0.5, 0.6) is 0 Å². The molecule has 33 heavy (non-hydrogen) atoms. The summed E-state index contributed by atoms with van der Waals surface area (Å²) in [4.78, 5) is 42.0. The lowest BCUT2D eigenvalue weighted by Crippen LogP contribution is -2.35. The molecule has 0 saturated carbocycles. The van der Waals surface area contributed by atoms with E-state index in [9.17, 15) is 14.4 Å². The molecule has 1 atom stereocenters. The number of benzene rings is 2. The summed E-state index contributed by atoms with van der Waals surface area (Å²) in [5.41, 5.74) is 4.43. The first-order chi connectivity index (χ1) is 15.8. The van der Waals surface area contributed by atoms with Gasteiger partial charge in [0.05, 0.1) is 11.6 Å². The number of para-hydroxylation sites is 1. The molecule has 170 valence electrons. The maximum absolute atomic E-state index is 13.4. The van der Waals surface area contributed by atoms with Gasteiger partial charge >= 0.3 is 0 Å². The van der Waals surface area contributed by atoms with Crippen LogP contribution in [0.2, 0.25) is 0 Å². The second kappa shape index (κ2) is 9.45. The summed E-state index contributed by atoms with van der Waals surface area (Å²) in [6.45, 7) is 4.70. The molecule has 4 rings (SSSR count). The third kappa shape index (κ3) is 4.75. The van der Waals surface area contributed by atoms with Gasteiger partial charge in [-0.2, -0.15) is 0 Å². The Bertz CT molecular complexity index is 1230. The van der Waals surface area contributed by atoms with Gasteiger partial charge in [0.2, 0.25) is 5.91 Å². The molecule has 0 spiro atoms. The van der Waals surface area contributed by atoms with Crippen LogP contribution >= 0.6 is 0 Å². The largest absolute Gasteiger partial charge is 0.332 e. The number of hydrogen-bond donors (Lipinski definition) is 0. The molecular weight excluding hydrogens is 414 g/mol. The van der Waals surface area contributed by atoms with Crippen molar-refractivity contribution in [3.05, 3.63) is 99.5 Å². The van der Waals surface area contributed by atoms with E-state index in [-0.39, 0.29) is 30.0 Å². The van der Waals surface area contributed by atoms with E-state index in [1.54, 1.807) is 13.1 Å². The number of hydrogen-bond acceptors (Lipinski definition) is 3. The van der Waals surface area contributed by atoms with Crippen LogP contribution in [0.3, 0.4) is 0 Å². The van der Waals surface area contributed by atoms with Crippen LogP contribution < -0.4 is 10.5 Å². The van der Waals surface area contributed by atoms with Crippen molar-refractivity contribution in [2.24, 2.45) is 0 Å². The van der Waals surface area contributed by atoms with E-state index < -0.39 is 0 Å². The normalized spacial score (nSPS) is 15.5. The number of aromatic nitrogens is 1. The summed E-state index contributed by atoms with van der Waals surface area (Å²) in [6, 6.07) is 18.5. The third-order valence-electron chi connectivity index (χ3n) is 6.48. The molecule has 3 aromatic rings. The highest BCUT2D eigenvalue weighted by Gasteiger charge is 2.31. The molecule has 1 aliphatic heterocycles. The Hall–Kier alpha value is -3.67. The number of nitrogens with zero attached hydrogens (tertiary/aromatic N) is 3. The monoisotopic (exact) mass is 443 g/mol. The smallest absolute Gasteiger partial charge is 0.255 e. The van der Waals surface area contributed by atoms with Gasteiger partial charge in [-0.3, -0.25) is 14.4 Å². The van der Waals surface area contributed by atoms with Crippen molar-refractivity contribution in [3.8, 4) is 0 Å². The van der Waals surface area contributed by atoms with E-state index in [4.69, 9.17) is 0 Å². The fourth-order valence-corrected chi connectivity index (χ4v) is 4.32. The minimum absolute atomic E-state index is 0.0167. The maximum atomic E-state index is 13.4. The predicted molar refractivity (Wildman–Crippen MR) is 129 cm³/mol. The Labute approximate surface area is 194 Å². The van der Waals surface area contributed by atoms with Crippen molar-refractivity contribution in [1.29, 1.82) is 0 Å². The summed E-state index contributed by atoms with van der Waals surface area (Å²) in [7, 11) is 1.68. The molecule has 1 saturated heterocycles. The highest BCUT2D eigenvalue weighted by Crippen LogP contribution is 2.33. The average Bonchev–Trinajstić information content (AvgIpc) is 3.31. The topological polar surface area (TPSA) is 62.6 Å². The Morgan fingerprint density at radius 3 is 2.48 bits per heavy atom. The van der Waals surface area contributed by atoms with E-state index in [2.05, 4.69) is 32.0 Å². The molecule has 1 aromatic heterocycles. The maximum Gasteiger partial charge on any atom is 0.255 e. The second-order valence-corrected chi connectivity index (χ2v) is 8.67. The summed E-state index contributed by atoms with van der Waals surface area (Å²) >= 11 is 0. The van der Waals surface area contributed by atoms with Crippen molar-refractivity contribution in [2.45, 2.75) is 39.3 Å². The number of amides is 2. The quantitative estimate of drug-likeness (QED) is 0.596. The van der Waals surface area contributed by atoms with Crippen molar-refractivity contribution >= 4 is 17.5 Å². The fourth-order valence-electron chi connectivity index (χ4n) is 4.32. The van der Waals surface area contributed by atoms with Crippen molar-refractivity contribution in [3.63, 3.8) is 0 Å². The zero-order valence-electron chi connectivity index (χ0n) is 19.3. The van der Waals surface area contributed by atoms with Gasteiger partial charge in [-0.25, -0.2) is 0 Å². The molecule has 6 heteroatoms. The molecule has 6 nitrogen and oxygen atoms in total. The Balaban J connectivity index is 1.55. The molecule has 1 fully saturated rings. The minimum atomic E-state index is -0.312. The molecule has 0 radical (unpaired) electrons. The van der Waals surface area contributed by atoms with Gasteiger partial charge in [-0.05, 0) is 61.6 Å². The van der Waals surface area contributed by atoms with Crippen LogP contribution in [0.25, 0.3) is 0 Å². The van der Waals surface area contributed by atoms with Gasteiger partial charge in [0.25, 0.3) is 11.5 Å². The molecule has 2 aromatic carbocycles. The summed E-state index contributed by atoms with van der Waals surface area (Å²) in [6.07, 6.45) is 3.36. The van der Waals surface area contributed by atoms with Crippen molar-refractivity contribution in [2.75, 3.05) is 18.5 Å². The first-order valence-corrected chi connectivity index (χ1v) is 11.3. The summed E-state index contributed by atoms with van der Waals surface area (Å²) in [5.74, 6) is -0.351. The molecule has 1 unspecified atom stereocenters. The number of rotatable bonds is 5. The third-order valence-corrected chi connectivity index (χ3v) is 6.48. The molecular formula is C27H29N3O3. The number of carbonyl (C=O) groups is 2. The highest BCUT2D eigenvalue weighted by molar-refractivity contribution is 5.95. The van der Waals surface area contributed by atoms with Gasteiger partial charge < -0.3 is 14.4 Å². The van der Waals surface area contributed by atoms with Crippen LogP contribution in [0.4, 0.5) is 5.69 Å². The number of likely N-dealkylation sites (tertiary alicyclic amines) is 1. The standard InChI is InChI=1S/C27H29N3O3/c1-19-11-12-21(16-20(19)2)24-10-7-15-30(24)27(33)22-13-14-25(31)29(17-22)18-26(32)28(3)23-8-5-4-6-9-23/h4-6,8-9,11-14,16-17,24H,7,10,15,18H2,1-3H3. The lowest BCUT2D eigenvalue weighted by Gasteiger charge is -2.26.